The minimum atomic E-state index is 0.113. The third kappa shape index (κ3) is 2.76. The zero-order valence-corrected chi connectivity index (χ0v) is 13.5. The summed E-state index contributed by atoms with van der Waals surface area (Å²) in [4.78, 5) is 12.3. The molecule has 3 heteroatoms. The van der Waals surface area contributed by atoms with Crippen molar-refractivity contribution in [3.63, 3.8) is 0 Å². The number of benzene rings is 2. The van der Waals surface area contributed by atoms with Crippen LogP contribution < -0.4 is 5.43 Å². The number of amides is 1. The van der Waals surface area contributed by atoms with Gasteiger partial charge in [0.1, 0.15) is 0 Å². The molecule has 2 aliphatic carbocycles. The van der Waals surface area contributed by atoms with E-state index in [2.05, 4.69) is 40.9 Å². The molecule has 4 rings (SSSR count). The van der Waals surface area contributed by atoms with Crippen LogP contribution in [0.3, 0.4) is 0 Å². The summed E-state index contributed by atoms with van der Waals surface area (Å²) in [5.41, 5.74) is 4.70. The highest BCUT2D eigenvalue weighted by molar-refractivity contribution is 6.02. The number of nitrogens with zero attached hydrogens (tertiary/aromatic N) is 1. The molecular weight excluding hydrogens is 284 g/mol. The molecule has 2 aromatic rings. The number of hydrazone groups is 1. The van der Waals surface area contributed by atoms with Gasteiger partial charge in [0.05, 0.1) is 5.71 Å². The normalized spacial score (nSPS) is 26.7. The van der Waals surface area contributed by atoms with Crippen LogP contribution in [0.25, 0.3) is 10.8 Å². The highest BCUT2D eigenvalue weighted by Crippen LogP contribution is 2.55. The van der Waals surface area contributed by atoms with Crippen LogP contribution in [-0.4, -0.2) is 11.6 Å². The van der Waals surface area contributed by atoms with Crippen molar-refractivity contribution in [1.82, 2.24) is 5.43 Å². The van der Waals surface area contributed by atoms with Gasteiger partial charge in [0.2, 0.25) is 5.91 Å². The second-order valence-electron chi connectivity index (χ2n) is 6.87. The number of hydrogen-bond donors (Lipinski definition) is 1. The van der Waals surface area contributed by atoms with Crippen molar-refractivity contribution >= 4 is 22.4 Å². The van der Waals surface area contributed by atoms with E-state index in [1.54, 1.807) is 0 Å². The van der Waals surface area contributed by atoms with Crippen LogP contribution in [0.2, 0.25) is 0 Å². The van der Waals surface area contributed by atoms with Gasteiger partial charge in [-0.1, -0.05) is 49.2 Å². The molecule has 0 spiro atoms. The number of nitrogens with one attached hydrogen (secondary N) is 1. The minimum Gasteiger partial charge on any atom is -0.273 e. The summed E-state index contributed by atoms with van der Waals surface area (Å²) in [6.07, 6.45) is 5.00. The molecule has 0 bridgehead atoms. The Kier molecular flexibility index (Phi) is 3.64. The monoisotopic (exact) mass is 306 g/mol. The lowest BCUT2D eigenvalue weighted by atomic mass is 10.0. The summed E-state index contributed by atoms with van der Waals surface area (Å²) in [7, 11) is 0. The summed E-state index contributed by atoms with van der Waals surface area (Å²) in [6, 6.07) is 14.6. The van der Waals surface area contributed by atoms with Crippen molar-refractivity contribution in [3.05, 3.63) is 48.0 Å². The Balaban J connectivity index is 1.46. The van der Waals surface area contributed by atoms with Crippen molar-refractivity contribution in [2.45, 2.75) is 32.6 Å². The Morgan fingerprint density at radius 2 is 1.74 bits per heavy atom. The predicted octanol–water partition coefficient (Wildman–Crippen LogP) is 4.12. The first-order valence-corrected chi connectivity index (χ1v) is 8.57. The van der Waals surface area contributed by atoms with Gasteiger partial charge in [0.15, 0.2) is 0 Å². The lowest BCUT2D eigenvalue weighted by Gasteiger charge is -2.04. The van der Waals surface area contributed by atoms with Crippen LogP contribution in [0.15, 0.2) is 47.6 Å². The van der Waals surface area contributed by atoms with E-state index in [4.69, 9.17) is 0 Å². The van der Waals surface area contributed by atoms with Gasteiger partial charge in [-0.2, -0.15) is 5.10 Å². The Morgan fingerprint density at radius 1 is 1.04 bits per heavy atom. The van der Waals surface area contributed by atoms with E-state index in [0.29, 0.717) is 11.8 Å². The van der Waals surface area contributed by atoms with Crippen molar-refractivity contribution < 1.29 is 4.79 Å². The molecule has 0 saturated heterocycles. The molecule has 118 valence electrons. The maximum Gasteiger partial charge on any atom is 0.243 e. The Bertz CT molecular complexity index is 768. The van der Waals surface area contributed by atoms with E-state index in [-0.39, 0.29) is 11.8 Å². The summed E-state index contributed by atoms with van der Waals surface area (Å²) in [5.74, 6) is 1.58. The average Bonchev–Trinajstić information content (AvgIpc) is 3.33. The quantitative estimate of drug-likeness (QED) is 0.672. The first-order valence-electron chi connectivity index (χ1n) is 8.57. The summed E-state index contributed by atoms with van der Waals surface area (Å²) in [6.45, 7) is 1.95. The van der Waals surface area contributed by atoms with E-state index in [1.165, 1.54) is 36.5 Å². The van der Waals surface area contributed by atoms with Gasteiger partial charge in [-0.15, -0.1) is 0 Å². The Hall–Kier alpha value is -2.16. The summed E-state index contributed by atoms with van der Waals surface area (Å²) in [5, 5.41) is 6.75. The highest BCUT2D eigenvalue weighted by atomic mass is 16.2. The standard InChI is InChI=1S/C20H22N2O/c1-13(15-11-10-14-6-2-3-7-16(14)12-15)21-22-20(23)19-17-8-4-5-9-18(17)19/h2-3,6-7,10-12,17-19H,4-5,8-9H2,1H3,(H,22,23)/b21-13-/t17-,18-/m0/s1. The molecule has 2 aromatic carbocycles. The Morgan fingerprint density at radius 3 is 2.48 bits per heavy atom. The van der Waals surface area contributed by atoms with Crippen molar-refractivity contribution in [3.8, 4) is 0 Å². The number of carbonyl (C=O) groups excluding carboxylic acids is 1. The molecule has 1 amide bonds. The zero-order chi connectivity index (χ0) is 15.8. The molecular formula is C20H22N2O. The van der Waals surface area contributed by atoms with Crippen LogP contribution in [-0.2, 0) is 4.79 Å². The highest BCUT2D eigenvalue weighted by Gasteiger charge is 2.54. The van der Waals surface area contributed by atoms with Crippen LogP contribution in [0.1, 0.15) is 38.2 Å². The van der Waals surface area contributed by atoms with Gasteiger partial charge >= 0.3 is 0 Å². The fourth-order valence-corrected chi connectivity index (χ4v) is 4.07. The van der Waals surface area contributed by atoms with E-state index in [0.717, 1.165) is 11.3 Å². The van der Waals surface area contributed by atoms with Crippen LogP contribution in [0.4, 0.5) is 0 Å². The molecule has 0 unspecified atom stereocenters. The molecule has 2 aliphatic rings. The molecule has 23 heavy (non-hydrogen) atoms. The number of carbonyl (C=O) groups is 1. The number of rotatable bonds is 3. The van der Waals surface area contributed by atoms with Crippen LogP contribution >= 0.6 is 0 Å². The number of fused-ring (bicyclic) bond motifs is 2. The first kappa shape index (κ1) is 14.4. The second-order valence-corrected chi connectivity index (χ2v) is 6.87. The van der Waals surface area contributed by atoms with Crippen molar-refractivity contribution in [1.29, 1.82) is 0 Å². The van der Waals surface area contributed by atoms with Crippen LogP contribution in [0, 0.1) is 17.8 Å². The number of hydrogen-bond acceptors (Lipinski definition) is 2. The molecule has 2 fully saturated rings. The molecule has 1 N–H and O–H groups in total. The van der Waals surface area contributed by atoms with Crippen molar-refractivity contribution in [2.24, 2.45) is 22.9 Å². The maximum atomic E-state index is 12.3. The summed E-state index contributed by atoms with van der Waals surface area (Å²) < 4.78 is 0. The maximum absolute atomic E-state index is 12.3. The van der Waals surface area contributed by atoms with Gasteiger partial charge in [0, 0.05) is 5.92 Å². The van der Waals surface area contributed by atoms with Gasteiger partial charge in [0.25, 0.3) is 0 Å². The molecule has 0 heterocycles. The third-order valence-corrected chi connectivity index (χ3v) is 5.46. The van der Waals surface area contributed by atoms with E-state index >= 15 is 0 Å². The first-order chi connectivity index (χ1) is 11.2. The molecule has 3 nitrogen and oxygen atoms in total. The van der Waals surface area contributed by atoms with Gasteiger partial charge in [-0.05, 0) is 54.0 Å². The van der Waals surface area contributed by atoms with Gasteiger partial charge in [-0.3, -0.25) is 4.79 Å². The van der Waals surface area contributed by atoms with Crippen LogP contribution in [0.5, 0.6) is 0 Å². The smallest absolute Gasteiger partial charge is 0.243 e. The largest absolute Gasteiger partial charge is 0.273 e. The fraction of sp³-hybridized carbons (Fsp3) is 0.400. The second kappa shape index (κ2) is 5.80. The van der Waals surface area contributed by atoms with Gasteiger partial charge in [-0.25, -0.2) is 5.43 Å². The zero-order valence-electron chi connectivity index (χ0n) is 13.5. The van der Waals surface area contributed by atoms with Gasteiger partial charge < -0.3 is 0 Å². The van der Waals surface area contributed by atoms with E-state index in [9.17, 15) is 4.79 Å². The molecule has 2 saturated carbocycles. The molecule has 0 radical (unpaired) electrons. The molecule has 0 aromatic heterocycles. The lowest BCUT2D eigenvalue weighted by Crippen LogP contribution is -2.22. The minimum absolute atomic E-state index is 0.113. The molecule has 0 aliphatic heterocycles. The Labute approximate surface area is 136 Å². The lowest BCUT2D eigenvalue weighted by molar-refractivity contribution is -0.122. The average molecular weight is 306 g/mol. The fourth-order valence-electron chi connectivity index (χ4n) is 4.07. The van der Waals surface area contributed by atoms with E-state index in [1.807, 2.05) is 19.1 Å². The van der Waals surface area contributed by atoms with E-state index < -0.39 is 0 Å². The third-order valence-electron chi connectivity index (χ3n) is 5.46. The summed E-state index contributed by atoms with van der Waals surface area (Å²) >= 11 is 0. The SMILES string of the molecule is C/C(=N/NC(=O)C1[C@H]2CCCC[C@H]12)c1ccc2ccccc2c1. The van der Waals surface area contributed by atoms with Crippen molar-refractivity contribution in [2.75, 3.05) is 0 Å². The molecule has 2 atom stereocenters. The predicted molar refractivity (Wildman–Crippen MR) is 93.2 cm³/mol. The topological polar surface area (TPSA) is 41.5 Å².